The molecule has 0 fully saturated rings. The number of aryl methyl sites for hydroxylation is 1. The second-order valence-electron chi connectivity index (χ2n) is 6.07. The first kappa shape index (κ1) is 19.4. The molecule has 138 valence electrons. The van der Waals surface area contributed by atoms with Crippen molar-refractivity contribution >= 4 is 28.7 Å². The molecule has 2 rings (SSSR count). The average molecular weight is 357 g/mol. The van der Waals surface area contributed by atoms with E-state index in [0.29, 0.717) is 22.9 Å². The molecule has 7 heteroatoms. The Balaban J connectivity index is 2.13. The fourth-order valence-corrected chi connectivity index (χ4v) is 2.55. The van der Waals surface area contributed by atoms with E-state index in [1.54, 1.807) is 20.2 Å². The van der Waals surface area contributed by atoms with E-state index in [1.165, 1.54) is 4.90 Å². The summed E-state index contributed by atoms with van der Waals surface area (Å²) in [5.41, 5.74) is 2.70. The summed E-state index contributed by atoms with van der Waals surface area (Å²) in [6.45, 7) is 3.21. The van der Waals surface area contributed by atoms with Crippen LogP contribution < -0.4 is 5.32 Å². The Morgan fingerprint density at radius 1 is 1.19 bits per heavy atom. The van der Waals surface area contributed by atoms with Gasteiger partial charge in [-0.05, 0) is 25.0 Å². The molecule has 26 heavy (non-hydrogen) atoms. The molecule has 1 heterocycles. The number of esters is 1. The molecule has 1 aromatic heterocycles. The van der Waals surface area contributed by atoms with Crippen LogP contribution in [-0.4, -0.2) is 54.9 Å². The first-order valence-corrected chi connectivity index (χ1v) is 8.37. The highest BCUT2D eigenvalue weighted by molar-refractivity contribution is 6.05. The maximum atomic E-state index is 12.6. The van der Waals surface area contributed by atoms with E-state index < -0.39 is 18.5 Å². The Morgan fingerprint density at radius 3 is 2.54 bits per heavy atom. The van der Waals surface area contributed by atoms with Crippen LogP contribution in [-0.2, 0) is 20.7 Å². The monoisotopic (exact) mass is 357 g/mol. The number of amides is 2. The van der Waals surface area contributed by atoms with Crippen LogP contribution in [0.2, 0.25) is 0 Å². The number of likely N-dealkylation sites (N-methyl/N-ethyl adjacent to an activating group) is 1. The third-order valence-corrected chi connectivity index (χ3v) is 4.05. The number of para-hydroxylation sites is 1. The van der Waals surface area contributed by atoms with Gasteiger partial charge in [0.15, 0.2) is 6.61 Å². The van der Waals surface area contributed by atoms with Gasteiger partial charge < -0.3 is 15.0 Å². The van der Waals surface area contributed by atoms with Gasteiger partial charge in [0.1, 0.15) is 0 Å². The van der Waals surface area contributed by atoms with E-state index in [1.807, 2.05) is 32.0 Å². The lowest BCUT2D eigenvalue weighted by molar-refractivity contribution is -0.131. The maximum Gasteiger partial charge on any atom is 0.339 e. The van der Waals surface area contributed by atoms with Crippen molar-refractivity contribution in [3.8, 4) is 0 Å². The smallest absolute Gasteiger partial charge is 0.339 e. The van der Waals surface area contributed by atoms with Crippen LogP contribution in [0, 0.1) is 6.92 Å². The molecular weight excluding hydrogens is 334 g/mol. The Kier molecular flexibility index (Phi) is 6.27. The Morgan fingerprint density at radius 2 is 1.88 bits per heavy atom. The van der Waals surface area contributed by atoms with Crippen molar-refractivity contribution < 1.29 is 19.1 Å². The van der Waals surface area contributed by atoms with Crippen LogP contribution in [0.15, 0.2) is 24.3 Å². The summed E-state index contributed by atoms with van der Waals surface area (Å²) in [5, 5.41) is 3.12. The zero-order valence-electron chi connectivity index (χ0n) is 15.5. The third-order valence-electron chi connectivity index (χ3n) is 4.05. The molecular formula is C19H23N3O4. The largest absolute Gasteiger partial charge is 0.452 e. The molecule has 0 spiro atoms. The summed E-state index contributed by atoms with van der Waals surface area (Å²) in [6.07, 6.45) is 0.685. The molecule has 0 aliphatic carbocycles. The van der Waals surface area contributed by atoms with Crippen molar-refractivity contribution in [1.29, 1.82) is 0 Å². The van der Waals surface area contributed by atoms with Crippen LogP contribution in [0.4, 0.5) is 0 Å². The number of ether oxygens (including phenoxy) is 1. The lowest BCUT2D eigenvalue weighted by Crippen LogP contribution is -2.38. The first-order valence-electron chi connectivity index (χ1n) is 8.37. The predicted molar refractivity (Wildman–Crippen MR) is 97.8 cm³/mol. The van der Waals surface area contributed by atoms with Crippen LogP contribution >= 0.6 is 0 Å². The van der Waals surface area contributed by atoms with Gasteiger partial charge in [-0.1, -0.05) is 25.1 Å². The Bertz CT molecular complexity index is 846. The maximum absolute atomic E-state index is 12.6. The van der Waals surface area contributed by atoms with Crippen molar-refractivity contribution in [3.63, 3.8) is 0 Å². The number of benzene rings is 1. The van der Waals surface area contributed by atoms with Crippen molar-refractivity contribution in [2.75, 3.05) is 27.2 Å². The molecule has 2 amide bonds. The van der Waals surface area contributed by atoms with Crippen molar-refractivity contribution in [1.82, 2.24) is 15.2 Å². The topological polar surface area (TPSA) is 88.6 Å². The standard InChI is InChI=1S/C19H23N3O4/c1-5-14-12(2)18(13-8-6-7-9-15(13)21-14)19(25)26-11-16(23)20-10-17(24)22(3)4/h6-9H,5,10-11H2,1-4H3,(H,20,23). The van der Waals surface area contributed by atoms with Crippen molar-refractivity contribution in [2.24, 2.45) is 0 Å². The van der Waals surface area contributed by atoms with Crippen LogP contribution in [0.5, 0.6) is 0 Å². The molecule has 7 nitrogen and oxygen atoms in total. The minimum atomic E-state index is -0.579. The Labute approximate surface area is 152 Å². The highest BCUT2D eigenvalue weighted by atomic mass is 16.5. The number of hydrogen-bond acceptors (Lipinski definition) is 5. The molecule has 0 radical (unpaired) electrons. The number of nitrogens with one attached hydrogen (secondary N) is 1. The fourth-order valence-electron chi connectivity index (χ4n) is 2.55. The first-order chi connectivity index (χ1) is 12.3. The normalized spacial score (nSPS) is 10.5. The second-order valence-corrected chi connectivity index (χ2v) is 6.07. The van der Waals surface area contributed by atoms with Gasteiger partial charge in [-0.25, -0.2) is 4.79 Å². The highest BCUT2D eigenvalue weighted by Gasteiger charge is 2.19. The van der Waals surface area contributed by atoms with E-state index in [9.17, 15) is 14.4 Å². The Hall–Kier alpha value is -2.96. The molecule has 0 saturated carbocycles. The zero-order chi connectivity index (χ0) is 19.3. The molecule has 0 aliphatic heterocycles. The van der Waals surface area contributed by atoms with E-state index in [-0.39, 0.29) is 12.5 Å². The molecule has 2 aromatic rings. The number of pyridine rings is 1. The van der Waals surface area contributed by atoms with E-state index in [2.05, 4.69) is 10.3 Å². The number of aromatic nitrogens is 1. The van der Waals surface area contributed by atoms with Gasteiger partial charge in [-0.3, -0.25) is 14.6 Å². The van der Waals surface area contributed by atoms with Gasteiger partial charge in [0.25, 0.3) is 5.91 Å². The van der Waals surface area contributed by atoms with Gasteiger partial charge in [0, 0.05) is 25.2 Å². The number of rotatable bonds is 6. The molecule has 1 aromatic carbocycles. The van der Waals surface area contributed by atoms with E-state index in [0.717, 1.165) is 11.3 Å². The minimum Gasteiger partial charge on any atom is -0.452 e. The van der Waals surface area contributed by atoms with Gasteiger partial charge in [0.2, 0.25) is 5.91 Å². The van der Waals surface area contributed by atoms with Gasteiger partial charge in [-0.2, -0.15) is 0 Å². The third kappa shape index (κ3) is 4.36. The van der Waals surface area contributed by atoms with Crippen LogP contribution in [0.1, 0.15) is 28.5 Å². The zero-order valence-corrected chi connectivity index (χ0v) is 15.5. The number of hydrogen-bond donors (Lipinski definition) is 1. The molecule has 0 saturated heterocycles. The fraction of sp³-hybridized carbons (Fsp3) is 0.368. The number of carbonyl (C=O) groups is 3. The predicted octanol–water partition coefficient (Wildman–Crippen LogP) is 1.47. The molecule has 1 N–H and O–H groups in total. The molecule has 0 bridgehead atoms. The molecule has 0 atom stereocenters. The lowest BCUT2D eigenvalue weighted by atomic mass is 10.0. The second kappa shape index (κ2) is 8.42. The van der Waals surface area contributed by atoms with E-state index in [4.69, 9.17) is 4.74 Å². The van der Waals surface area contributed by atoms with Gasteiger partial charge in [-0.15, -0.1) is 0 Å². The number of fused-ring (bicyclic) bond motifs is 1. The summed E-state index contributed by atoms with van der Waals surface area (Å²) in [6, 6.07) is 7.32. The van der Waals surface area contributed by atoms with Crippen LogP contribution in [0.25, 0.3) is 10.9 Å². The number of carbonyl (C=O) groups excluding carboxylic acids is 3. The summed E-state index contributed by atoms with van der Waals surface area (Å²) in [7, 11) is 3.19. The van der Waals surface area contributed by atoms with Crippen LogP contribution in [0.3, 0.4) is 0 Å². The SMILES string of the molecule is CCc1nc2ccccc2c(C(=O)OCC(=O)NCC(=O)N(C)C)c1C. The summed E-state index contributed by atoms with van der Waals surface area (Å²) >= 11 is 0. The minimum absolute atomic E-state index is 0.138. The highest BCUT2D eigenvalue weighted by Crippen LogP contribution is 2.24. The average Bonchev–Trinajstić information content (AvgIpc) is 2.63. The van der Waals surface area contributed by atoms with Gasteiger partial charge in [0.05, 0.1) is 17.6 Å². The molecule has 0 aliphatic rings. The summed E-state index contributed by atoms with van der Waals surface area (Å²) < 4.78 is 5.17. The number of nitrogens with zero attached hydrogens (tertiary/aromatic N) is 2. The van der Waals surface area contributed by atoms with Crippen molar-refractivity contribution in [2.45, 2.75) is 20.3 Å². The summed E-state index contributed by atoms with van der Waals surface area (Å²) in [4.78, 5) is 41.8. The molecule has 0 unspecified atom stereocenters. The van der Waals surface area contributed by atoms with E-state index >= 15 is 0 Å². The van der Waals surface area contributed by atoms with Crippen molar-refractivity contribution in [3.05, 3.63) is 41.1 Å². The summed E-state index contributed by atoms with van der Waals surface area (Å²) in [5.74, 6) is -1.35. The van der Waals surface area contributed by atoms with Gasteiger partial charge >= 0.3 is 5.97 Å². The quantitative estimate of drug-likeness (QED) is 0.791. The lowest BCUT2D eigenvalue weighted by Gasteiger charge is -2.14.